The highest BCUT2D eigenvalue weighted by atomic mass is 32.2. The number of benzene rings is 2. The van der Waals surface area contributed by atoms with E-state index in [4.69, 9.17) is 4.98 Å². The minimum Gasteiger partial charge on any atom is -0.309 e. The second kappa shape index (κ2) is 6.80. The van der Waals surface area contributed by atoms with Crippen LogP contribution >= 0.6 is 11.8 Å². The SMILES string of the molecule is CC(C)Sc1nc2ccccc2n1CC(=O)N1c2ccccc2C[C@H]1C. The Bertz CT molecular complexity index is 963. The maximum atomic E-state index is 13.2. The van der Waals surface area contributed by atoms with Crippen molar-refractivity contribution in [2.24, 2.45) is 0 Å². The molecule has 0 radical (unpaired) electrons. The number of carbonyl (C=O) groups is 1. The molecule has 0 bridgehead atoms. The third-order valence-corrected chi connectivity index (χ3v) is 5.72. The zero-order valence-corrected chi connectivity index (χ0v) is 16.2. The summed E-state index contributed by atoms with van der Waals surface area (Å²) < 4.78 is 2.07. The van der Waals surface area contributed by atoms with Gasteiger partial charge in [-0.15, -0.1) is 0 Å². The van der Waals surface area contributed by atoms with Crippen molar-refractivity contribution in [1.82, 2.24) is 9.55 Å². The largest absolute Gasteiger partial charge is 0.309 e. The van der Waals surface area contributed by atoms with E-state index in [0.717, 1.165) is 28.3 Å². The lowest BCUT2D eigenvalue weighted by Gasteiger charge is -2.23. The summed E-state index contributed by atoms with van der Waals surface area (Å²) in [6.07, 6.45) is 0.917. The summed E-state index contributed by atoms with van der Waals surface area (Å²) in [5.74, 6) is 0.121. The number of fused-ring (bicyclic) bond motifs is 2. The van der Waals surface area contributed by atoms with E-state index in [9.17, 15) is 4.79 Å². The van der Waals surface area contributed by atoms with Gasteiger partial charge in [0, 0.05) is 17.0 Å². The van der Waals surface area contributed by atoms with Crippen LogP contribution in [0.2, 0.25) is 0 Å². The van der Waals surface area contributed by atoms with Crippen LogP contribution in [0.4, 0.5) is 5.69 Å². The maximum Gasteiger partial charge on any atom is 0.247 e. The number of rotatable bonds is 4. The van der Waals surface area contributed by atoms with Crippen molar-refractivity contribution in [2.75, 3.05) is 4.90 Å². The van der Waals surface area contributed by atoms with Crippen LogP contribution in [0.25, 0.3) is 11.0 Å². The first kappa shape index (κ1) is 17.2. The Balaban J connectivity index is 1.70. The number of aromatic nitrogens is 2. The Morgan fingerprint density at radius 3 is 2.73 bits per heavy atom. The Kier molecular flexibility index (Phi) is 4.49. The van der Waals surface area contributed by atoms with Crippen molar-refractivity contribution in [3.63, 3.8) is 0 Å². The van der Waals surface area contributed by atoms with E-state index in [1.807, 2.05) is 47.4 Å². The number of amides is 1. The molecule has 1 aliphatic heterocycles. The minimum absolute atomic E-state index is 0.121. The van der Waals surface area contributed by atoms with Crippen molar-refractivity contribution >= 4 is 34.4 Å². The van der Waals surface area contributed by atoms with Crippen molar-refractivity contribution in [3.05, 3.63) is 54.1 Å². The van der Waals surface area contributed by atoms with Crippen molar-refractivity contribution < 1.29 is 4.79 Å². The van der Waals surface area contributed by atoms with Gasteiger partial charge in [-0.1, -0.05) is 55.9 Å². The smallest absolute Gasteiger partial charge is 0.247 e. The summed E-state index contributed by atoms with van der Waals surface area (Å²) >= 11 is 1.70. The number of hydrogen-bond acceptors (Lipinski definition) is 3. The monoisotopic (exact) mass is 365 g/mol. The molecule has 2 heterocycles. The Labute approximate surface area is 158 Å². The zero-order chi connectivity index (χ0) is 18.3. The molecule has 1 aliphatic rings. The highest BCUT2D eigenvalue weighted by molar-refractivity contribution is 7.99. The summed E-state index contributed by atoms with van der Waals surface area (Å²) in [5.41, 5.74) is 4.26. The molecule has 0 fully saturated rings. The van der Waals surface area contributed by atoms with Crippen molar-refractivity contribution in [2.45, 2.75) is 50.2 Å². The number of thioether (sulfide) groups is 1. The molecule has 4 rings (SSSR count). The van der Waals surface area contributed by atoms with Crippen molar-refractivity contribution in [1.29, 1.82) is 0 Å². The number of carbonyl (C=O) groups excluding carboxylic acids is 1. The molecule has 2 aromatic carbocycles. The molecule has 0 saturated carbocycles. The molecule has 134 valence electrons. The first-order valence-electron chi connectivity index (χ1n) is 9.06. The Hall–Kier alpha value is -2.27. The minimum atomic E-state index is 0.121. The number of anilines is 1. The Morgan fingerprint density at radius 1 is 1.19 bits per heavy atom. The van der Waals surface area contributed by atoms with Crippen LogP contribution in [0.1, 0.15) is 26.3 Å². The van der Waals surface area contributed by atoms with Crippen LogP contribution in [0.5, 0.6) is 0 Å². The predicted octanol–water partition coefficient (Wildman–Crippen LogP) is 4.51. The molecule has 1 amide bonds. The number of para-hydroxylation sites is 3. The van der Waals surface area contributed by atoms with Gasteiger partial charge >= 0.3 is 0 Å². The van der Waals surface area contributed by atoms with Crippen LogP contribution in [0.3, 0.4) is 0 Å². The van der Waals surface area contributed by atoms with Crippen molar-refractivity contribution in [3.8, 4) is 0 Å². The van der Waals surface area contributed by atoms with Crippen LogP contribution < -0.4 is 4.90 Å². The highest BCUT2D eigenvalue weighted by Gasteiger charge is 2.31. The lowest BCUT2D eigenvalue weighted by molar-refractivity contribution is -0.119. The van der Waals surface area contributed by atoms with Gasteiger partial charge < -0.3 is 9.47 Å². The number of imidazole rings is 1. The highest BCUT2D eigenvalue weighted by Crippen LogP contribution is 2.33. The fourth-order valence-electron chi connectivity index (χ4n) is 3.66. The van der Waals surface area contributed by atoms with Gasteiger partial charge in [0.15, 0.2) is 5.16 Å². The molecule has 3 aromatic rings. The number of nitrogens with zero attached hydrogens (tertiary/aromatic N) is 3. The van der Waals surface area contributed by atoms with Gasteiger partial charge in [-0.25, -0.2) is 4.98 Å². The molecule has 1 aromatic heterocycles. The molecular formula is C21H23N3OS. The molecule has 5 heteroatoms. The third kappa shape index (κ3) is 3.01. The molecule has 0 spiro atoms. The van der Waals surface area contributed by atoms with E-state index in [1.165, 1.54) is 5.56 Å². The van der Waals surface area contributed by atoms with Crippen LogP contribution in [-0.4, -0.2) is 26.8 Å². The Morgan fingerprint density at radius 2 is 1.92 bits per heavy atom. The number of hydrogen-bond donors (Lipinski definition) is 0. The van der Waals surface area contributed by atoms with E-state index in [1.54, 1.807) is 11.8 Å². The van der Waals surface area contributed by atoms with Crippen LogP contribution in [-0.2, 0) is 17.8 Å². The van der Waals surface area contributed by atoms with Gasteiger partial charge in [0.05, 0.1) is 11.0 Å². The zero-order valence-electron chi connectivity index (χ0n) is 15.3. The van der Waals surface area contributed by atoms with E-state index >= 15 is 0 Å². The van der Waals surface area contributed by atoms with Gasteiger partial charge in [0.25, 0.3) is 0 Å². The summed E-state index contributed by atoms with van der Waals surface area (Å²) in [6.45, 7) is 6.73. The molecule has 0 aliphatic carbocycles. The first-order valence-corrected chi connectivity index (χ1v) is 9.94. The van der Waals surface area contributed by atoms with E-state index in [-0.39, 0.29) is 11.9 Å². The second-order valence-corrected chi connectivity index (χ2v) is 8.63. The lowest BCUT2D eigenvalue weighted by Crippen LogP contribution is -2.38. The summed E-state index contributed by atoms with van der Waals surface area (Å²) in [7, 11) is 0. The van der Waals surface area contributed by atoms with E-state index < -0.39 is 0 Å². The van der Waals surface area contributed by atoms with E-state index in [2.05, 4.69) is 31.4 Å². The summed E-state index contributed by atoms with van der Waals surface area (Å²) in [5, 5.41) is 1.32. The lowest BCUT2D eigenvalue weighted by atomic mass is 10.1. The molecule has 1 atom stereocenters. The second-order valence-electron chi connectivity index (χ2n) is 7.08. The average Bonchev–Trinajstić information content (AvgIpc) is 3.11. The summed E-state index contributed by atoms with van der Waals surface area (Å²) in [6, 6.07) is 16.4. The topological polar surface area (TPSA) is 38.1 Å². The molecule has 0 saturated heterocycles. The molecule has 0 unspecified atom stereocenters. The fraction of sp³-hybridized carbons (Fsp3) is 0.333. The molecule has 4 nitrogen and oxygen atoms in total. The maximum absolute atomic E-state index is 13.2. The van der Waals surface area contributed by atoms with E-state index in [0.29, 0.717) is 11.8 Å². The van der Waals surface area contributed by atoms with Gasteiger partial charge in [-0.3, -0.25) is 4.79 Å². The quantitative estimate of drug-likeness (QED) is 0.638. The molecule has 0 N–H and O–H groups in total. The average molecular weight is 366 g/mol. The van der Waals surface area contributed by atoms with Gasteiger partial charge in [-0.05, 0) is 37.1 Å². The van der Waals surface area contributed by atoms with Gasteiger partial charge in [0.1, 0.15) is 6.54 Å². The molecular weight excluding hydrogens is 342 g/mol. The van der Waals surface area contributed by atoms with Crippen LogP contribution in [0, 0.1) is 0 Å². The first-order chi connectivity index (χ1) is 12.5. The molecule has 26 heavy (non-hydrogen) atoms. The van der Waals surface area contributed by atoms with Crippen LogP contribution in [0.15, 0.2) is 53.7 Å². The van der Waals surface area contributed by atoms with Gasteiger partial charge in [-0.2, -0.15) is 0 Å². The standard InChI is InChI=1S/C21H23N3OS/c1-14(2)26-21-22-17-9-5-7-11-19(17)23(21)13-20(25)24-15(3)12-16-8-4-6-10-18(16)24/h4-11,14-15H,12-13H2,1-3H3/t15-/m1/s1. The summed E-state index contributed by atoms with van der Waals surface area (Å²) in [4.78, 5) is 19.9. The third-order valence-electron chi connectivity index (χ3n) is 4.73. The predicted molar refractivity (Wildman–Crippen MR) is 108 cm³/mol. The normalized spacial score (nSPS) is 16.5. The fourth-order valence-corrected chi connectivity index (χ4v) is 4.53. The van der Waals surface area contributed by atoms with Gasteiger partial charge in [0.2, 0.25) is 5.91 Å².